The monoisotopic (exact) mass is 301 g/mol. The number of hydrogen-bond acceptors (Lipinski definition) is 7. The highest BCUT2D eigenvalue weighted by Gasteiger charge is 2.33. The molecule has 0 fully saturated rings. The standard InChI is InChI=1S/C13H23N3O3S/c1-5-14-13(4,11(17)18-6-2)8-7-9-20-12-16-15-10(3)19-12/h14H,5-9H2,1-4H3. The molecule has 0 aliphatic heterocycles. The van der Waals surface area contributed by atoms with Crippen LogP contribution in [0.4, 0.5) is 0 Å². The van der Waals surface area contributed by atoms with E-state index in [4.69, 9.17) is 9.15 Å². The van der Waals surface area contributed by atoms with Crippen LogP contribution in [0.15, 0.2) is 9.64 Å². The summed E-state index contributed by atoms with van der Waals surface area (Å²) in [6, 6.07) is 0. The predicted octanol–water partition coefficient (Wildman–Crippen LogP) is 2.18. The van der Waals surface area contributed by atoms with Crippen molar-refractivity contribution < 1.29 is 13.9 Å². The summed E-state index contributed by atoms with van der Waals surface area (Å²) >= 11 is 1.50. The lowest BCUT2D eigenvalue weighted by atomic mass is 9.96. The van der Waals surface area contributed by atoms with Crippen molar-refractivity contribution in [2.75, 3.05) is 18.9 Å². The highest BCUT2D eigenvalue weighted by Crippen LogP contribution is 2.21. The lowest BCUT2D eigenvalue weighted by Crippen LogP contribution is -2.50. The SMILES string of the molecule is CCNC(C)(CCCSc1nnc(C)o1)C(=O)OCC. The fourth-order valence-corrected chi connectivity index (χ4v) is 2.61. The first kappa shape index (κ1) is 17.0. The summed E-state index contributed by atoms with van der Waals surface area (Å²) in [4.78, 5) is 12.0. The number of thioether (sulfide) groups is 1. The van der Waals surface area contributed by atoms with Crippen molar-refractivity contribution in [2.24, 2.45) is 0 Å². The molecule has 0 saturated heterocycles. The molecule has 0 saturated carbocycles. The van der Waals surface area contributed by atoms with Gasteiger partial charge in [0, 0.05) is 12.7 Å². The van der Waals surface area contributed by atoms with Gasteiger partial charge in [-0.2, -0.15) is 0 Å². The molecule has 1 heterocycles. The van der Waals surface area contributed by atoms with E-state index < -0.39 is 5.54 Å². The maximum Gasteiger partial charge on any atom is 0.326 e. The zero-order chi connectivity index (χ0) is 15.0. The number of aryl methyl sites for hydroxylation is 1. The van der Waals surface area contributed by atoms with Crippen LogP contribution in [-0.4, -0.2) is 40.6 Å². The number of carbonyl (C=O) groups excluding carboxylic acids is 1. The summed E-state index contributed by atoms with van der Waals surface area (Å²) in [5.41, 5.74) is -0.629. The summed E-state index contributed by atoms with van der Waals surface area (Å²) in [6.07, 6.45) is 1.56. The van der Waals surface area contributed by atoms with E-state index in [0.717, 1.165) is 18.7 Å². The Morgan fingerprint density at radius 1 is 1.45 bits per heavy atom. The fourth-order valence-electron chi connectivity index (χ4n) is 1.87. The number of nitrogens with zero attached hydrogens (tertiary/aromatic N) is 2. The van der Waals surface area contributed by atoms with Crippen LogP contribution in [0.3, 0.4) is 0 Å². The Hall–Kier alpha value is -1.08. The molecule has 0 spiro atoms. The van der Waals surface area contributed by atoms with Crippen LogP contribution in [0.1, 0.15) is 39.5 Å². The van der Waals surface area contributed by atoms with Gasteiger partial charge in [0.25, 0.3) is 5.22 Å². The number of ether oxygens (including phenoxy) is 1. The molecule has 0 radical (unpaired) electrons. The van der Waals surface area contributed by atoms with Crippen molar-refractivity contribution in [3.8, 4) is 0 Å². The van der Waals surface area contributed by atoms with E-state index in [2.05, 4.69) is 15.5 Å². The molecule has 6 nitrogen and oxygen atoms in total. The summed E-state index contributed by atoms with van der Waals surface area (Å²) < 4.78 is 10.4. The third kappa shape index (κ3) is 5.13. The Kier molecular flexibility index (Phi) is 7.01. The second-order valence-electron chi connectivity index (χ2n) is 4.62. The van der Waals surface area contributed by atoms with Crippen LogP contribution in [0, 0.1) is 6.92 Å². The predicted molar refractivity (Wildman–Crippen MR) is 77.7 cm³/mol. The van der Waals surface area contributed by atoms with Crippen molar-refractivity contribution in [1.82, 2.24) is 15.5 Å². The number of likely N-dealkylation sites (N-methyl/N-ethyl adjacent to an activating group) is 1. The van der Waals surface area contributed by atoms with Crippen molar-refractivity contribution in [1.29, 1.82) is 0 Å². The molecule has 1 aromatic rings. The molecule has 0 bridgehead atoms. The second kappa shape index (κ2) is 8.26. The number of hydrogen-bond donors (Lipinski definition) is 1. The van der Waals surface area contributed by atoms with Crippen molar-refractivity contribution in [3.05, 3.63) is 5.89 Å². The Morgan fingerprint density at radius 2 is 2.20 bits per heavy atom. The number of nitrogens with one attached hydrogen (secondary N) is 1. The molecule has 0 aliphatic rings. The van der Waals surface area contributed by atoms with Gasteiger partial charge < -0.3 is 14.5 Å². The lowest BCUT2D eigenvalue weighted by molar-refractivity contribution is -0.150. The van der Waals surface area contributed by atoms with Crippen LogP contribution in [-0.2, 0) is 9.53 Å². The van der Waals surface area contributed by atoms with Crippen LogP contribution < -0.4 is 5.32 Å². The van der Waals surface area contributed by atoms with Crippen molar-refractivity contribution in [3.63, 3.8) is 0 Å². The fraction of sp³-hybridized carbons (Fsp3) is 0.769. The van der Waals surface area contributed by atoms with Gasteiger partial charge in [0.1, 0.15) is 5.54 Å². The number of carbonyl (C=O) groups is 1. The van der Waals surface area contributed by atoms with E-state index in [1.165, 1.54) is 11.8 Å². The lowest BCUT2D eigenvalue weighted by Gasteiger charge is -2.27. The van der Waals surface area contributed by atoms with Gasteiger partial charge >= 0.3 is 5.97 Å². The van der Waals surface area contributed by atoms with Gasteiger partial charge in [0.05, 0.1) is 6.61 Å². The topological polar surface area (TPSA) is 77.3 Å². The molecule has 0 aliphatic carbocycles. The Bertz CT molecular complexity index is 425. The first-order valence-corrected chi connectivity index (χ1v) is 7.85. The highest BCUT2D eigenvalue weighted by molar-refractivity contribution is 7.99. The first-order valence-electron chi connectivity index (χ1n) is 6.87. The minimum atomic E-state index is -0.629. The molecule has 1 N–H and O–H groups in total. The Labute approximate surface area is 124 Å². The maximum atomic E-state index is 12.0. The van der Waals surface area contributed by atoms with Crippen molar-refractivity contribution in [2.45, 2.75) is 51.3 Å². The molecule has 114 valence electrons. The average Bonchev–Trinajstić information content (AvgIpc) is 2.81. The third-order valence-electron chi connectivity index (χ3n) is 2.85. The maximum absolute atomic E-state index is 12.0. The molecule has 1 atom stereocenters. The summed E-state index contributed by atoms with van der Waals surface area (Å²) in [6.45, 7) is 8.57. The largest absolute Gasteiger partial charge is 0.465 e. The van der Waals surface area contributed by atoms with Crippen LogP contribution in [0.2, 0.25) is 0 Å². The van der Waals surface area contributed by atoms with Crippen LogP contribution >= 0.6 is 11.8 Å². The van der Waals surface area contributed by atoms with E-state index in [1.54, 1.807) is 6.92 Å². The molecule has 0 amide bonds. The van der Waals surface area contributed by atoms with Gasteiger partial charge in [-0.3, -0.25) is 4.79 Å². The Balaban J connectivity index is 2.40. The second-order valence-corrected chi connectivity index (χ2v) is 5.67. The Morgan fingerprint density at radius 3 is 2.75 bits per heavy atom. The van der Waals surface area contributed by atoms with Gasteiger partial charge in [0.15, 0.2) is 0 Å². The zero-order valence-corrected chi connectivity index (χ0v) is 13.4. The van der Waals surface area contributed by atoms with Gasteiger partial charge in [-0.1, -0.05) is 18.7 Å². The summed E-state index contributed by atoms with van der Waals surface area (Å²) in [7, 11) is 0. The molecular formula is C13H23N3O3S. The van der Waals surface area contributed by atoms with E-state index in [-0.39, 0.29) is 5.97 Å². The minimum Gasteiger partial charge on any atom is -0.465 e. The smallest absolute Gasteiger partial charge is 0.326 e. The average molecular weight is 301 g/mol. The molecule has 1 rings (SSSR count). The van der Waals surface area contributed by atoms with Crippen LogP contribution in [0.5, 0.6) is 0 Å². The van der Waals surface area contributed by atoms with E-state index in [1.807, 2.05) is 20.8 Å². The molecular weight excluding hydrogens is 278 g/mol. The molecule has 1 unspecified atom stereocenters. The number of esters is 1. The third-order valence-corrected chi connectivity index (χ3v) is 3.75. The van der Waals surface area contributed by atoms with Crippen molar-refractivity contribution >= 4 is 17.7 Å². The van der Waals surface area contributed by atoms with Crippen LogP contribution in [0.25, 0.3) is 0 Å². The van der Waals surface area contributed by atoms with E-state index in [0.29, 0.717) is 24.1 Å². The molecule has 7 heteroatoms. The summed E-state index contributed by atoms with van der Waals surface area (Å²) in [5, 5.41) is 11.5. The van der Waals surface area contributed by atoms with Gasteiger partial charge in [0.2, 0.25) is 5.89 Å². The van der Waals surface area contributed by atoms with E-state index in [9.17, 15) is 4.79 Å². The quantitative estimate of drug-likeness (QED) is 0.425. The zero-order valence-electron chi connectivity index (χ0n) is 12.6. The van der Waals surface area contributed by atoms with Gasteiger partial charge in [-0.15, -0.1) is 10.2 Å². The number of aromatic nitrogens is 2. The first-order chi connectivity index (χ1) is 9.51. The van der Waals surface area contributed by atoms with Gasteiger partial charge in [-0.25, -0.2) is 0 Å². The normalized spacial score (nSPS) is 14.0. The molecule has 20 heavy (non-hydrogen) atoms. The molecule has 0 aromatic carbocycles. The van der Waals surface area contributed by atoms with E-state index >= 15 is 0 Å². The number of rotatable bonds is 9. The molecule has 1 aromatic heterocycles. The minimum absolute atomic E-state index is 0.194. The summed E-state index contributed by atoms with van der Waals surface area (Å²) in [5.74, 6) is 1.19. The van der Waals surface area contributed by atoms with Gasteiger partial charge in [-0.05, 0) is 33.2 Å². The highest BCUT2D eigenvalue weighted by atomic mass is 32.2.